The van der Waals surface area contributed by atoms with E-state index in [0.717, 1.165) is 11.3 Å². The molecule has 0 saturated heterocycles. The fraction of sp³-hybridized carbons (Fsp3) is 0.375. The van der Waals surface area contributed by atoms with Gasteiger partial charge in [-0.1, -0.05) is 18.2 Å². The van der Waals surface area contributed by atoms with Crippen LogP contribution in [0, 0.1) is 0 Å². The highest BCUT2D eigenvalue weighted by atomic mass is 16.6. The Balaban J connectivity index is 2.02. The number of fused-ring (bicyclic) bond motifs is 1. The number of hydrogen-bond donors (Lipinski definition) is 1. The summed E-state index contributed by atoms with van der Waals surface area (Å²) in [5, 5.41) is 2.70. The van der Waals surface area contributed by atoms with Crippen LogP contribution in [-0.2, 0) is 14.3 Å². The molecule has 1 atom stereocenters. The molecule has 21 heavy (non-hydrogen) atoms. The Bertz CT molecular complexity index is 577. The normalized spacial score (nSPS) is 14.6. The molecular formula is C16H19NO4. The zero-order chi connectivity index (χ0) is 15.4. The van der Waals surface area contributed by atoms with E-state index in [2.05, 4.69) is 5.32 Å². The third-order valence-corrected chi connectivity index (χ3v) is 2.98. The van der Waals surface area contributed by atoms with Gasteiger partial charge < -0.3 is 14.8 Å². The minimum absolute atomic E-state index is 0.00255. The second kappa shape index (κ2) is 6.43. The molecule has 0 aliphatic carbocycles. The summed E-state index contributed by atoms with van der Waals surface area (Å²) in [4.78, 5) is 23.8. The Morgan fingerprint density at radius 3 is 2.67 bits per heavy atom. The predicted octanol–water partition coefficient (Wildman–Crippen LogP) is 1.92. The SMILES string of the molecule is CC(C)NC(=O)[C@H](C)OC(=O)C1=Cc2ccccc2OC1. The molecule has 0 radical (unpaired) electrons. The third kappa shape index (κ3) is 3.84. The number of carbonyl (C=O) groups is 2. The zero-order valence-corrected chi connectivity index (χ0v) is 12.4. The highest BCUT2D eigenvalue weighted by Gasteiger charge is 2.23. The fourth-order valence-corrected chi connectivity index (χ4v) is 1.93. The van der Waals surface area contributed by atoms with E-state index in [1.807, 2.05) is 38.1 Å². The lowest BCUT2D eigenvalue weighted by Gasteiger charge is -2.19. The molecular weight excluding hydrogens is 270 g/mol. The molecule has 1 aliphatic heterocycles. The van der Waals surface area contributed by atoms with E-state index < -0.39 is 12.1 Å². The predicted molar refractivity (Wildman–Crippen MR) is 78.7 cm³/mol. The summed E-state index contributed by atoms with van der Waals surface area (Å²) < 4.78 is 10.7. The van der Waals surface area contributed by atoms with Crippen LogP contribution in [0.4, 0.5) is 0 Å². The van der Waals surface area contributed by atoms with Crippen LogP contribution in [0.5, 0.6) is 5.75 Å². The van der Waals surface area contributed by atoms with E-state index in [1.165, 1.54) is 0 Å². The zero-order valence-electron chi connectivity index (χ0n) is 12.4. The van der Waals surface area contributed by atoms with E-state index in [1.54, 1.807) is 13.0 Å². The van der Waals surface area contributed by atoms with Gasteiger partial charge in [0.05, 0.1) is 5.57 Å². The van der Waals surface area contributed by atoms with Gasteiger partial charge in [-0.25, -0.2) is 4.79 Å². The van der Waals surface area contributed by atoms with Gasteiger partial charge in [-0.3, -0.25) is 4.79 Å². The van der Waals surface area contributed by atoms with Gasteiger partial charge in [0.15, 0.2) is 6.10 Å². The van der Waals surface area contributed by atoms with Crippen LogP contribution >= 0.6 is 0 Å². The molecule has 0 unspecified atom stereocenters. The summed E-state index contributed by atoms with van der Waals surface area (Å²) >= 11 is 0. The van der Waals surface area contributed by atoms with Crippen LogP contribution < -0.4 is 10.1 Å². The first-order valence-electron chi connectivity index (χ1n) is 6.91. The van der Waals surface area contributed by atoms with Crippen molar-refractivity contribution in [1.82, 2.24) is 5.32 Å². The first kappa shape index (κ1) is 15.1. The van der Waals surface area contributed by atoms with Crippen molar-refractivity contribution in [3.63, 3.8) is 0 Å². The first-order valence-corrected chi connectivity index (χ1v) is 6.91. The molecule has 0 aromatic heterocycles. The van der Waals surface area contributed by atoms with Crippen molar-refractivity contribution in [2.45, 2.75) is 32.9 Å². The lowest BCUT2D eigenvalue weighted by atomic mass is 10.1. The van der Waals surface area contributed by atoms with Crippen LogP contribution in [0.2, 0.25) is 0 Å². The second-order valence-corrected chi connectivity index (χ2v) is 5.21. The highest BCUT2D eigenvalue weighted by Crippen LogP contribution is 2.26. The maximum atomic E-state index is 12.1. The number of carbonyl (C=O) groups excluding carboxylic acids is 2. The lowest BCUT2D eigenvalue weighted by molar-refractivity contribution is -0.151. The van der Waals surface area contributed by atoms with Crippen LogP contribution in [0.25, 0.3) is 6.08 Å². The molecule has 1 amide bonds. The number of benzene rings is 1. The number of rotatable bonds is 4. The summed E-state index contributed by atoms with van der Waals surface area (Å²) in [6.45, 7) is 5.39. The van der Waals surface area contributed by atoms with Crippen molar-refractivity contribution in [3.8, 4) is 5.75 Å². The molecule has 0 saturated carbocycles. The number of nitrogens with one attached hydrogen (secondary N) is 1. The van der Waals surface area contributed by atoms with Crippen LogP contribution in [0.1, 0.15) is 26.3 Å². The third-order valence-electron chi connectivity index (χ3n) is 2.98. The van der Waals surface area contributed by atoms with Gasteiger partial charge in [-0.15, -0.1) is 0 Å². The largest absolute Gasteiger partial charge is 0.488 e. The van der Waals surface area contributed by atoms with Crippen molar-refractivity contribution in [2.75, 3.05) is 6.61 Å². The molecule has 5 heteroatoms. The Labute approximate surface area is 123 Å². The average Bonchev–Trinajstić information content (AvgIpc) is 2.45. The van der Waals surface area contributed by atoms with Gasteiger partial charge in [0.25, 0.3) is 5.91 Å². The molecule has 1 N–H and O–H groups in total. The van der Waals surface area contributed by atoms with Gasteiger partial charge in [0.2, 0.25) is 0 Å². The van der Waals surface area contributed by atoms with Crippen molar-refractivity contribution in [3.05, 3.63) is 35.4 Å². The van der Waals surface area contributed by atoms with Crippen LogP contribution in [0.15, 0.2) is 29.8 Å². The van der Waals surface area contributed by atoms with Crippen molar-refractivity contribution >= 4 is 18.0 Å². The topological polar surface area (TPSA) is 64.6 Å². The van der Waals surface area contributed by atoms with Gasteiger partial charge in [0, 0.05) is 11.6 Å². The van der Waals surface area contributed by atoms with Gasteiger partial charge >= 0.3 is 5.97 Å². The van der Waals surface area contributed by atoms with E-state index in [-0.39, 0.29) is 18.6 Å². The Hall–Kier alpha value is -2.30. The van der Waals surface area contributed by atoms with Crippen molar-refractivity contribution in [1.29, 1.82) is 0 Å². The van der Waals surface area contributed by atoms with Gasteiger partial charge in [-0.2, -0.15) is 0 Å². The maximum Gasteiger partial charge on any atom is 0.338 e. The number of para-hydroxylation sites is 1. The molecule has 1 aromatic rings. The summed E-state index contributed by atoms with van der Waals surface area (Å²) in [6, 6.07) is 7.44. The Morgan fingerprint density at radius 2 is 1.95 bits per heavy atom. The van der Waals surface area contributed by atoms with Crippen molar-refractivity contribution in [2.24, 2.45) is 0 Å². The van der Waals surface area contributed by atoms with Crippen molar-refractivity contribution < 1.29 is 19.1 Å². The second-order valence-electron chi connectivity index (χ2n) is 5.21. The molecule has 5 nitrogen and oxygen atoms in total. The maximum absolute atomic E-state index is 12.1. The Kier molecular flexibility index (Phi) is 4.62. The fourth-order valence-electron chi connectivity index (χ4n) is 1.93. The molecule has 0 spiro atoms. The summed E-state index contributed by atoms with van der Waals surface area (Å²) in [7, 11) is 0. The summed E-state index contributed by atoms with van der Waals surface area (Å²) in [5.41, 5.74) is 1.23. The van der Waals surface area contributed by atoms with E-state index >= 15 is 0 Å². The molecule has 1 heterocycles. The molecule has 0 bridgehead atoms. The highest BCUT2D eigenvalue weighted by molar-refractivity contribution is 5.96. The lowest BCUT2D eigenvalue weighted by Crippen LogP contribution is -2.40. The summed E-state index contributed by atoms with van der Waals surface area (Å²) in [6.07, 6.45) is 0.895. The van der Waals surface area contributed by atoms with Crippen LogP contribution in [-0.4, -0.2) is 30.6 Å². The standard InChI is InChI=1S/C16H19NO4/c1-10(2)17-15(18)11(3)21-16(19)13-8-12-6-4-5-7-14(12)20-9-13/h4-8,10-11H,9H2,1-3H3,(H,17,18)/t11-/m0/s1. The summed E-state index contributed by atoms with van der Waals surface area (Å²) in [5.74, 6) is -0.105. The van der Waals surface area contributed by atoms with Crippen LogP contribution in [0.3, 0.4) is 0 Å². The van der Waals surface area contributed by atoms with E-state index in [4.69, 9.17) is 9.47 Å². The molecule has 2 rings (SSSR count). The molecule has 1 aliphatic rings. The Morgan fingerprint density at radius 1 is 1.24 bits per heavy atom. The van der Waals surface area contributed by atoms with E-state index in [9.17, 15) is 9.59 Å². The van der Waals surface area contributed by atoms with Gasteiger partial charge in [0.1, 0.15) is 12.4 Å². The van der Waals surface area contributed by atoms with E-state index in [0.29, 0.717) is 5.57 Å². The smallest absolute Gasteiger partial charge is 0.338 e. The number of ether oxygens (including phenoxy) is 2. The first-order chi connectivity index (χ1) is 9.97. The number of hydrogen-bond acceptors (Lipinski definition) is 4. The average molecular weight is 289 g/mol. The molecule has 0 fully saturated rings. The minimum Gasteiger partial charge on any atom is -0.488 e. The number of esters is 1. The quantitative estimate of drug-likeness (QED) is 0.860. The van der Waals surface area contributed by atoms with Gasteiger partial charge in [-0.05, 0) is 32.9 Å². The minimum atomic E-state index is -0.835. The molecule has 1 aromatic carbocycles. The monoisotopic (exact) mass is 289 g/mol. The molecule has 112 valence electrons. The number of amides is 1.